The first-order chi connectivity index (χ1) is 11.0. The van der Waals surface area contributed by atoms with Crippen molar-refractivity contribution in [2.75, 3.05) is 33.2 Å². The van der Waals surface area contributed by atoms with Crippen LogP contribution in [-0.4, -0.2) is 51.9 Å². The monoisotopic (exact) mass is 339 g/mol. The number of hydrogen-bond acceptors (Lipinski definition) is 4. The summed E-state index contributed by atoms with van der Waals surface area (Å²) >= 11 is 0. The molecule has 1 aromatic carbocycles. The Morgan fingerprint density at radius 3 is 2.52 bits per heavy atom. The summed E-state index contributed by atoms with van der Waals surface area (Å²) in [7, 11) is -1.71. The van der Waals surface area contributed by atoms with Gasteiger partial charge in [-0.15, -0.1) is 0 Å². The molecular formula is C16H25N3O3S. The molecule has 0 spiro atoms. The molecule has 7 heteroatoms. The third kappa shape index (κ3) is 4.31. The van der Waals surface area contributed by atoms with E-state index in [1.165, 1.54) is 10.4 Å². The summed E-state index contributed by atoms with van der Waals surface area (Å²) in [5.41, 5.74) is 1.18. The molecule has 1 aliphatic heterocycles. The predicted octanol–water partition coefficient (Wildman–Crippen LogP) is 1.12. The number of benzene rings is 1. The molecule has 1 aromatic rings. The largest absolute Gasteiger partial charge is 0.351 e. The molecule has 0 aliphatic carbocycles. The fourth-order valence-corrected chi connectivity index (χ4v) is 4.20. The SMILES string of the molecule is CNCCNC(=O)c1cc(S(=O)(=O)N2CCCCC2)ccc1C. The number of piperidine rings is 1. The van der Waals surface area contributed by atoms with Gasteiger partial charge in [0, 0.05) is 31.7 Å². The van der Waals surface area contributed by atoms with Crippen molar-refractivity contribution >= 4 is 15.9 Å². The quantitative estimate of drug-likeness (QED) is 0.761. The van der Waals surface area contributed by atoms with E-state index in [-0.39, 0.29) is 10.8 Å². The van der Waals surface area contributed by atoms with Gasteiger partial charge >= 0.3 is 0 Å². The lowest BCUT2D eigenvalue weighted by Crippen LogP contribution is -2.36. The zero-order valence-corrected chi connectivity index (χ0v) is 14.6. The second-order valence-electron chi connectivity index (χ2n) is 5.80. The summed E-state index contributed by atoms with van der Waals surface area (Å²) in [6.07, 6.45) is 2.85. The summed E-state index contributed by atoms with van der Waals surface area (Å²) in [5, 5.41) is 5.74. The number of likely N-dealkylation sites (N-methyl/N-ethyl adjacent to an activating group) is 1. The minimum absolute atomic E-state index is 0.198. The number of nitrogens with one attached hydrogen (secondary N) is 2. The molecule has 128 valence electrons. The lowest BCUT2D eigenvalue weighted by molar-refractivity contribution is 0.0953. The van der Waals surface area contributed by atoms with E-state index in [0.29, 0.717) is 31.7 Å². The first-order valence-corrected chi connectivity index (χ1v) is 9.44. The Kier molecular flexibility index (Phi) is 6.15. The molecule has 1 aliphatic rings. The van der Waals surface area contributed by atoms with Crippen LogP contribution >= 0.6 is 0 Å². The Morgan fingerprint density at radius 1 is 1.17 bits per heavy atom. The van der Waals surface area contributed by atoms with Crippen molar-refractivity contribution in [2.45, 2.75) is 31.1 Å². The van der Waals surface area contributed by atoms with Crippen molar-refractivity contribution in [1.29, 1.82) is 0 Å². The molecule has 0 unspecified atom stereocenters. The topological polar surface area (TPSA) is 78.5 Å². The van der Waals surface area contributed by atoms with E-state index in [1.807, 2.05) is 14.0 Å². The summed E-state index contributed by atoms with van der Waals surface area (Å²) in [5.74, 6) is -0.242. The fraction of sp³-hybridized carbons (Fsp3) is 0.562. The predicted molar refractivity (Wildman–Crippen MR) is 90.0 cm³/mol. The Bertz CT molecular complexity index is 653. The number of aryl methyl sites for hydroxylation is 1. The van der Waals surface area contributed by atoms with Gasteiger partial charge < -0.3 is 10.6 Å². The van der Waals surface area contributed by atoms with Crippen molar-refractivity contribution in [3.63, 3.8) is 0 Å². The van der Waals surface area contributed by atoms with Gasteiger partial charge in [0.2, 0.25) is 10.0 Å². The van der Waals surface area contributed by atoms with E-state index < -0.39 is 10.0 Å². The second kappa shape index (κ2) is 7.90. The van der Waals surface area contributed by atoms with Gasteiger partial charge in [0.05, 0.1) is 4.90 Å². The molecule has 2 rings (SSSR count). The van der Waals surface area contributed by atoms with Crippen molar-refractivity contribution in [1.82, 2.24) is 14.9 Å². The maximum absolute atomic E-state index is 12.7. The Hall–Kier alpha value is -1.44. The molecule has 0 saturated carbocycles. The molecule has 1 heterocycles. The zero-order valence-electron chi connectivity index (χ0n) is 13.8. The first-order valence-electron chi connectivity index (χ1n) is 8.00. The van der Waals surface area contributed by atoms with Gasteiger partial charge in [-0.1, -0.05) is 12.5 Å². The molecular weight excluding hydrogens is 314 g/mol. The van der Waals surface area contributed by atoms with Crippen LogP contribution in [0.15, 0.2) is 23.1 Å². The molecule has 23 heavy (non-hydrogen) atoms. The van der Waals surface area contributed by atoms with Gasteiger partial charge in [0.15, 0.2) is 0 Å². The standard InChI is InChI=1S/C16H25N3O3S/c1-13-6-7-14(12-15(13)16(20)18-9-8-17-2)23(21,22)19-10-4-3-5-11-19/h6-7,12,17H,3-5,8-11H2,1-2H3,(H,18,20). The summed E-state index contributed by atoms with van der Waals surface area (Å²) < 4.78 is 27.0. The van der Waals surface area contributed by atoms with E-state index in [0.717, 1.165) is 24.8 Å². The molecule has 0 radical (unpaired) electrons. The average molecular weight is 339 g/mol. The lowest BCUT2D eigenvalue weighted by Gasteiger charge is -2.26. The van der Waals surface area contributed by atoms with Gasteiger partial charge in [-0.2, -0.15) is 4.31 Å². The third-order valence-corrected chi connectivity index (χ3v) is 5.96. The van der Waals surface area contributed by atoms with Crippen LogP contribution in [0.25, 0.3) is 0 Å². The van der Waals surface area contributed by atoms with Crippen LogP contribution in [-0.2, 0) is 10.0 Å². The first kappa shape index (κ1) is 17.9. The van der Waals surface area contributed by atoms with Crippen molar-refractivity contribution in [3.05, 3.63) is 29.3 Å². The van der Waals surface area contributed by atoms with Crippen LogP contribution < -0.4 is 10.6 Å². The highest BCUT2D eigenvalue weighted by molar-refractivity contribution is 7.89. The van der Waals surface area contributed by atoms with E-state index >= 15 is 0 Å². The minimum Gasteiger partial charge on any atom is -0.351 e. The average Bonchev–Trinajstić information content (AvgIpc) is 2.56. The van der Waals surface area contributed by atoms with Crippen LogP contribution in [0.4, 0.5) is 0 Å². The smallest absolute Gasteiger partial charge is 0.251 e. The highest BCUT2D eigenvalue weighted by Gasteiger charge is 2.26. The van der Waals surface area contributed by atoms with Crippen molar-refractivity contribution in [2.24, 2.45) is 0 Å². The highest BCUT2D eigenvalue weighted by Crippen LogP contribution is 2.22. The maximum atomic E-state index is 12.7. The van der Waals surface area contributed by atoms with Gasteiger partial charge in [-0.3, -0.25) is 4.79 Å². The molecule has 6 nitrogen and oxygen atoms in total. The zero-order chi connectivity index (χ0) is 16.9. The van der Waals surface area contributed by atoms with Crippen LogP contribution in [0.1, 0.15) is 35.2 Å². The molecule has 1 saturated heterocycles. The van der Waals surface area contributed by atoms with E-state index in [4.69, 9.17) is 0 Å². The lowest BCUT2D eigenvalue weighted by atomic mass is 10.1. The van der Waals surface area contributed by atoms with E-state index in [1.54, 1.807) is 12.1 Å². The number of hydrogen-bond donors (Lipinski definition) is 2. The molecule has 2 N–H and O–H groups in total. The van der Waals surface area contributed by atoms with Gasteiger partial charge in [-0.05, 0) is 44.5 Å². The highest BCUT2D eigenvalue weighted by atomic mass is 32.2. The van der Waals surface area contributed by atoms with Crippen LogP contribution in [0.2, 0.25) is 0 Å². The minimum atomic E-state index is -3.52. The number of carbonyl (C=O) groups is 1. The number of nitrogens with zero attached hydrogens (tertiary/aromatic N) is 1. The van der Waals surface area contributed by atoms with E-state index in [9.17, 15) is 13.2 Å². The number of carbonyl (C=O) groups excluding carboxylic acids is 1. The summed E-state index contributed by atoms with van der Waals surface area (Å²) in [6.45, 7) is 4.08. The van der Waals surface area contributed by atoms with Gasteiger partial charge in [0.1, 0.15) is 0 Å². The fourth-order valence-electron chi connectivity index (χ4n) is 2.66. The van der Waals surface area contributed by atoms with Crippen LogP contribution in [0.3, 0.4) is 0 Å². The van der Waals surface area contributed by atoms with Crippen LogP contribution in [0.5, 0.6) is 0 Å². The maximum Gasteiger partial charge on any atom is 0.251 e. The second-order valence-corrected chi connectivity index (χ2v) is 7.74. The Morgan fingerprint density at radius 2 is 1.87 bits per heavy atom. The number of amides is 1. The molecule has 1 fully saturated rings. The van der Waals surface area contributed by atoms with Gasteiger partial charge in [0.25, 0.3) is 5.91 Å². The third-order valence-electron chi connectivity index (χ3n) is 4.07. The normalized spacial score (nSPS) is 16.3. The Labute approximate surface area is 138 Å². The Balaban J connectivity index is 2.23. The number of sulfonamides is 1. The van der Waals surface area contributed by atoms with Crippen molar-refractivity contribution < 1.29 is 13.2 Å². The van der Waals surface area contributed by atoms with Crippen molar-refractivity contribution in [3.8, 4) is 0 Å². The molecule has 1 amide bonds. The van der Waals surface area contributed by atoms with Gasteiger partial charge in [-0.25, -0.2) is 8.42 Å². The summed E-state index contributed by atoms with van der Waals surface area (Å²) in [4.78, 5) is 12.4. The summed E-state index contributed by atoms with van der Waals surface area (Å²) in [6, 6.07) is 4.78. The molecule has 0 bridgehead atoms. The molecule has 0 atom stereocenters. The van der Waals surface area contributed by atoms with E-state index in [2.05, 4.69) is 10.6 Å². The number of rotatable bonds is 6. The molecule has 0 aromatic heterocycles. The van der Waals surface area contributed by atoms with Crippen LogP contribution in [0, 0.1) is 6.92 Å².